The monoisotopic (exact) mass is 258 g/mol. The van der Waals surface area contributed by atoms with Gasteiger partial charge in [-0.2, -0.15) is 0 Å². The van der Waals surface area contributed by atoms with Crippen molar-refractivity contribution in [2.45, 2.75) is 32.2 Å². The van der Waals surface area contributed by atoms with Crippen molar-refractivity contribution >= 4 is 23.2 Å². The number of nitrogens with one attached hydrogen (secondary N) is 1. The van der Waals surface area contributed by atoms with Gasteiger partial charge >= 0.3 is 0 Å². The topological polar surface area (TPSA) is 55.1 Å². The molecule has 0 aliphatic carbocycles. The number of hydrogen-bond donors (Lipinski definition) is 2. The maximum absolute atomic E-state index is 13.5. The molecule has 0 aliphatic rings. The Bertz CT molecular complexity index is 415. The van der Waals surface area contributed by atoms with E-state index in [-0.39, 0.29) is 23.0 Å². The van der Waals surface area contributed by atoms with Gasteiger partial charge in [0.1, 0.15) is 0 Å². The number of nitrogens with two attached hydrogens (primary N) is 1. The molecule has 1 rings (SSSR count). The predicted molar refractivity (Wildman–Crippen MR) is 67.5 cm³/mol. The average molecular weight is 259 g/mol. The third kappa shape index (κ3) is 4.71. The number of anilines is 1. The molecular weight excluding hydrogens is 243 g/mol. The first kappa shape index (κ1) is 13.9. The number of benzene rings is 1. The Balaban J connectivity index is 2.60. The third-order valence-corrected chi connectivity index (χ3v) is 2.51. The molecule has 17 heavy (non-hydrogen) atoms. The van der Waals surface area contributed by atoms with E-state index < -0.39 is 11.4 Å². The third-order valence-electron chi connectivity index (χ3n) is 2.22. The quantitative estimate of drug-likeness (QED) is 0.872. The van der Waals surface area contributed by atoms with Gasteiger partial charge in [-0.15, -0.1) is 0 Å². The molecule has 0 saturated heterocycles. The molecule has 0 atom stereocenters. The molecule has 3 nitrogen and oxygen atoms in total. The summed E-state index contributed by atoms with van der Waals surface area (Å²) in [5.41, 5.74) is 5.44. The van der Waals surface area contributed by atoms with E-state index >= 15 is 0 Å². The molecular formula is C12H16ClFN2O. The Morgan fingerprint density at radius 1 is 1.53 bits per heavy atom. The number of rotatable bonds is 4. The molecule has 1 amide bonds. The molecule has 0 bridgehead atoms. The minimum atomic E-state index is -0.616. The summed E-state index contributed by atoms with van der Waals surface area (Å²) in [5, 5.41) is 2.46. The summed E-state index contributed by atoms with van der Waals surface area (Å²) in [6.45, 7) is 3.67. The smallest absolute Gasteiger partial charge is 0.224 e. The summed E-state index contributed by atoms with van der Waals surface area (Å²) in [6, 6.07) is 4.47. The minimum absolute atomic E-state index is 0.0121. The second-order valence-electron chi connectivity index (χ2n) is 4.64. The van der Waals surface area contributed by atoms with Crippen molar-refractivity contribution in [3.8, 4) is 0 Å². The van der Waals surface area contributed by atoms with E-state index in [4.69, 9.17) is 17.3 Å². The van der Waals surface area contributed by atoms with Gasteiger partial charge in [-0.1, -0.05) is 17.7 Å². The highest BCUT2D eigenvalue weighted by Crippen LogP contribution is 2.22. The highest BCUT2D eigenvalue weighted by molar-refractivity contribution is 6.31. The molecule has 0 radical (unpaired) electrons. The zero-order valence-corrected chi connectivity index (χ0v) is 10.6. The molecule has 1 aromatic rings. The van der Waals surface area contributed by atoms with Crippen molar-refractivity contribution in [3.63, 3.8) is 0 Å². The summed E-state index contributed by atoms with van der Waals surface area (Å²) in [6.07, 6.45) is 0.774. The van der Waals surface area contributed by atoms with E-state index in [1.165, 1.54) is 12.1 Å². The first-order chi connectivity index (χ1) is 7.79. The number of amides is 1. The van der Waals surface area contributed by atoms with Crippen LogP contribution in [0.4, 0.5) is 10.1 Å². The fourth-order valence-corrected chi connectivity index (χ4v) is 1.42. The lowest BCUT2D eigenvalue weighted by Gasteiger charge is -2.17. The number of carbonyl (C=O) groups is 1. The molecule has 94 valence electrons. The Morgan fingerprint density at radius 3 is 2.76 bits per heavy atom. The Morgan fingerprint density at radius 2 is 2.18 bits per heavy atom. The molecule has 0 fully saturated rings. The van der Waals surface area contributed by atoms with Crippen LogP contribution in [0.25, 0.3) is 0 Å². The van der Waals surface area contributed by atoms with E-state index in [0.29, 0.717) is 6.42 Å². The number of carbonyl (C=O) groups excluding carboxylic acids is 1. The van der Waals surface area contributed by atoms with Gasteiger partial charge in [0.25, 0.3) is 0 Å². The Kier molecular flexibility index (Phi) is 4.48. The molecule has 0 spiro atoms. The molecule has 5 heteroatoms. The van der Waals surface area contributed by atoms with Crippen LogP contribution in [-0.4, -0.2) is 11.4 Å². The maximum Gasteiger partial charge on any atom is 0.224 e. The Hall–Kier alpha value is -1.13. The van der Waals surface area contributed by atoms with Gasteiger partial charge in [-0.25, -0.2) is 4.39 Å². The SMILES string of the molecule is CC(C)(N)CCC(=O)Nc1cccc(Cl)c1F. The summed E-state index contributed by atoms with van der Waals surface area (Å²) in [4.78, 5) is 11.5. The van der Waals surface area contributed by atoms with Crippen molar-refractivity contribution < 1.29 is 9.18 Å². The van der Waals surface area contributed by atoms with Gasteiger partial charge in [-0.05, 0) is 32.4 Å². The van der Waals surface area contributed by atoms with Crippen LogP contribution in [0.2, 0.25) is 5.02 Å². The number of hydrogen-bond acceptors (Lipinski definition) is 2. The summed E-state index contributed by atoms with van der Waals surface area (Å²) < 4.78 is 13.5. The van der Waals surface area contributed by atoms with Crippen LogP contribution < -0.4 is 11.1 Å². The summed E-state index contributed by atoms with van der Waals surface area (Å²) in [5.74, 6) is -0.890. The van der Waals surface area contributed by atoms with E-state index in [2.05, 4.69) is 5.32 Å². The van der Waals surface area contributed by atoms with E-state index in [9.17, 15) is 9.18 Å². The minimum Gasteiger partial charge on any atom is -0.326 e. The maximum atomic E-state index is 13.5. The van der Waals surface area contributed by atoms with Gasteiger partial charge in [0, 0.05) is 12.0 Å². The van der Waals surface area contributed by atoms with E-state index in [1.807, 2.05) is 13.8 Å². The second kappa shape index (κ2) is 5.47. The highest BCUT2D eigenvalue weighted by atomic mass is 35.5. The standard InChI is InChI=1S/C12H16ClFN2O/c1-12(2,15)7-6-10(17)16-9-5-3-4-8(13)11(9)14/h3-5H,6-7,15H2,1-2H3,(H,16,17). The van der Waals surface area contributed by atoms with Gasteiger partial charge in [-0.3, -0.25) is 4.79 Å². The van der Waals surface area contributed by atoms with Crippen LogP contribution in [0.5, 0.6) is 0 Å². The first-order valence-corrected chi connectivity index (χ1v) is 5.70. The van der Waals surface area contributed by atoms with Crippen LogP contribution in [0.3, 0.4) is 0 Å². The summed E-state index contributed by atoms with van der Waals surface area (Å²) in [7, 11) is 0. The largest absolute Gasteiger partial charge is 0.326 e. The molecule has 0 unspecified atom stereocenters. The van der Waals surface area contributed by atoms with Gasteiger partial charge in [0.2, 0.25) is 5.91 Å². The van der Waals surface area contributed by atoms with E-state index in [0.717, 1.165) is 0 Å². The molecule has 0 aliphatic heterocycles. The van der Waals surface area contributed by atoms with Crippen LogP contribution >= 0.6 is 11.6 Å². The predicted octanol–water partition coefficient (Wildman–Crippen LogP) is 2.94. The zero-order chi connectivity index (χ0) is 13.1. The summed E-state index contributed by atoms with van der Waals surface area (Å²) >= 11 is 5.60. The molecule has 3 N–H and O–H groups in total. The van der Waals surface area contributed by atoms with Crippen LogP contribution in [0.1, 0.15) is 26.7 Å². The molecule has 0 heterocycles. The lowest BCUT2D eigenvalue weighted by molar-refractivity contribution is -0.116. The van der Waals surface area contributed by atoms with Gasteiger partial charge < -0.3 is 11.1 Å². The first-order valence-electron chi connectivity index (χ1n) is 5.32. The zero-order valence-electron chi connectivity index (χ0n) is 9.89. The van der Waals surface area contributed by atoms with Crippen LogP contribution in [0.15, 0.2) is 18.2 Å². The fourth-order valence-electron chi connectivity index (χ4n) is 1.25. The fraction of sp³-hybridized carbons (Fsp3) is 0.417. The van der Waals surface area contributed by atoms with Crippen molar-refractivity contribution in [2.24, 2.45) is 5.73 Å². The normalized spacial score (nSPS) is 11.4. The van der Waals surface area contributed by atoms with Crippen molar-refractivity contribution in [2.75, 3.05) is 5.32 Å². The number of halogens is 2. The van der Waals surface area contributed by atoms with Gasteiger partial charge in [0.05, 0.1) is 10.7 Å². The lowest BCUT2D eigenvalue weighted by Crippen LogP contribution is -2.33. The van der Waals surface area contributed by atoms with E-state index in [1.54, 1.807) is 6.07 Å². The second-order valence-corrected chi connectivity index (χ2v) is 5.05. The van der Waals surface area contributed by atoms with Crippen molar-refractivity contribution in [3.05, 3.63) is 29.0 Å². The van der Waals surface area contributed by atoms with Crippen molar-refractivity contribution in [1.29, 1.82) is 0 Å². The van der Waals surface area contributed by atoms with Gasteiger partial charge in [0.15, 0.2) is 5.82 Å². The molecule has 0 saturated carbocycles. The average Bonchev–Trinajstić information content (AvgIpc) is 2.21. The van der Waals surface area contributed by atoms with Crippen LogP contribution in [0, 0.1) is 5.82 Å². The molecule has 0 aromatic heterocycles. The Labute approximate surface area is 105 Å². The highest BCUT2D eigenvalue weighted by Gasteiger charge is 2.14. The van der Waals surface area contributed by atoms with Crippen LogP contribution in [-0.2, 0) is 4.79 Å². The molecule has 1 aromatic carbocycles. The lowest BCUT2D eigenvalue weighted by atomic mass is 10.00. The van der Waals surface area contributed by atoms with Crippen molar-refractivity contribution in [1.82, 2.24) is 0 Å².